The maximum absolute atomic E-state index is 14.3. The van der Waals surface area contributed by atoms with E-state index in [1.54, 1.807) is 18.2 Å². The van der Waals surface area contributed by atoms with Crippen molar-refractivity contribution in [3.8, 4) is 5.75 Å². The number of nitrogens with zero attached hydrogens (tertiary/aromatic N) is 4. The third-order valence-electron chi connectivity index (χ3n) is 5.59. The Kier molecular flexibility index (Phi) is 6.55. The van der Waals surface area contributed by atoms with Crippen molar-refractivity contribution in [2.24, 2.45) is 0 Å². The molecule has 15 heteroatoms. The van der Waals surface area contributed by atoms with Gasteiger partial charge in [0.1, 0.15) is 22.8 Å². The van der Waals surface area contributed by atoms with Crippen molar-refractivity contribution in [1.82, 2.24) is 30.2 Å². The highest BCUT2D eigenvalue weighted by Crippen LogP contribution is 2.29. The summed E-state index contributed by atoms with van der Waals surface area (Å²) in [7, 11) is 0. The molecule has 3 aromatic heterocycles. The molecule has 0 radical (unpaired) electrons. The molecule has 4 heterocycles. The molecule has 0 aliphatic carbocycles. The van der Waals surface area contributed by atoms with Crippen molar-refractivity contribution >= 4 is 29.1 Å². The second-order valence-corrected chi connectivity index (χ2v) is 8.34. The first kappa shape index (κ1) is 25.6. The summed E-state index contributed by atoms with van der Waals surface area (Å²) in [6.07, 6.45) is -2.81. The predicted molar refractivity (Wildman–Crippen MR) is 125 cm³/mol. The Bertz CT molecular complexity index is 1600. The Labute approximate surface area is 216 Å². The number of hydrogen-bond donors (Lipinski definition) is 3. The molecule has 3 amide bonds. The van der Waals surface area contributed by atoms with Crippen LogP contribution in [-0.4, -0.2) is 43.9 Å². The molecule has 4 aromatic rings. The minimum atomic E-state index is -4.60. The van der Waals surface area contributed by atoms with Crippen molar-refractivity contribution in [3.63, 3.8) is 0 Å². The van der Waals surface area contributed by atoms with E-state index in [0.717, 1.165) is 35.1 Å². The van der Waals surface area contributed by atoms with E-state index in [4.69, 9.17) is 4.74 Å². The van der Waals surface area contributed by atoms with Gasteiger partial charge < -0.3 is 20.7 Å². The number of rotatable bonds is 6. The smallest absolute Gasteiger partial charge is 0.433 e. The van der Waals surface area contributed by atoms with Crippen molar-refractivity contribution in [1.29, 1.82) is 0 Å². The van der Waals surface area contributed by atoms with Gasteiger partial charge in [-0.25, -0.2) is 13.9 Å². The Balaban J connectivity index is 1.31. The van der Waals surface area contributed by atoms with Crippen LogP contribution >= 0.6 is 0 Å². The first-order valence-corrected chi connectivity index (χ1v) is 11.3. The van der Waals surface area contributed by atoms with Crippen LogP contribution in [0.25, 0.3) is 5.65 Å². The fourth-order valence-electron chi connectivity index (χ4n) is 3.70. The predicted octanol–water partition coefficient (Wildman–Crippen LogP) is 2.47. The second kappa shape index (κ2) is 10.00. The highest BCUT2D eigenvalue weighted by atomic mass is 19.4. The number of aromatic nitrogens is 4. The summed E-state index contributed by atoms with van der Waals surface area (Å²) in [6.45, 7) is -0.282. The summed E-state index contributed by atoms with van der Waals surface area (Å²) >= 11 is 0. The molecule has 11 nitrogen and oxygen atoms in total. The fraction of sp³-hybridized carbons (Fsp3) is 0.167. The Morgan fingerprint density at radius 2 is 1.77 bits per heavy atom. The molecule has 1 aliphatic heterocycles. The van der Waals surface area contributed by atoms with E-state index < -0.39 is 29.5 Å². The zero-order chi connectivity index (χ0) is 27.7. The van der Waals surface area contributed by atoms with Gasteiger partial charge in [-0.05, 0) is 29.3 Å². The number of hydrogen-bond acceptors (Lipinski definition) is 7. The number of carbonyl (C=O) groups is 3. The quantitative estimate of drug-likeness (QED) is 0.318. The van der Waals surface area contributed by atoms with E-state index in [9.17, 15) is 31.9 Å². The van der Waals surface area contributed by atoms with E-state index >= 15 is 0 Å². The third-order valence-corrected chi connectivity index (χ3v) is 5.59. The van der Waals surface area contributed by atoms with Crippen LogP contribution in [0.15, 0.2) is 48.8 Å². The molecule has 0 atom stereocenters. The van der Waals surface area contributed by atoms with Crippen LogP contribution in [0.4, 0.5) is 23.2 Å². The first-order chi connectivity index (χ1) is 18.6. The van der Waals surface area contributed by atoms with Crippen LogP contribution in [0.5, 0.6) is 5.75 Å². The van der Waals surface area contributed by atoms with E-state index in [2.05, 4.69) is 31.0 Å². The Morgan fingerprint density at radius 1 is 1.03 bits per heavy atom. The number of pyridine rings is 1. The number of anilines is 1. The van der Waals surface area contributed by atoms with Crippen molar-refractivity contribution in [3.05, 3.63) is 82.8 Å². The highest BCUT2D eigenvalue weighted by molar-refractivity contribution is 5.98. The van der Waals surface area contributed by atoms with Gasteiger partial charge in [-0.3, -0.25) is 19.4 Å². The summed E-state index contributed by atoms with van der Waals surface area (Å²) in [5.74, 6) is -2.22. The lowest BCUT2D eigenvalue weighted by atomic mass is 10.1. The largest absolute Gasteiger partial charge is 0.482 e. The first-order valence-electron chi connectivity index (χ1n) is 11.3. The van der Waals surface area contributed by atoms with Gasteiger partial charge in [0.25, 0.3) is 17.7 Å². The molecule has 39 heavy (non-hydrogen) atoms. The minimum Gasteiger partial charge on any atom is -0.482 e. The van der Waals surface area contributed by atoms with E-state index in [1.165, 1.54) is 0 Å². The van der Waals surface area contributed by atoms with Crippen molar-refractivity contribution < 1.29 is 36.7 Å². The van der Waals surface area contributed by atoms with Gasteiger partial charge in [0.15, 0.2) is 18.1 Å². The normalized spacial score (nSPS) is 12.9. The van der Waals surface area contributed by atoms with Gasteiger partial charge >= 0.3 is 6.18 Å². The number of halogens is 4. The van der Waals surface area contributed by atoms with Gasteiger partial charge in [-0.2, -0.15) is 18.3 Å². The van der Waals surface area contributed by atoms with Gasteiger partial charge in [0.05, 0.1) is 11.9 Å². The molecule has 1 aliphatic rings. The molecule has 5 rings (SSSR count). The number of nitrogens with one attached hydrogen (secondary N) is 3. The number of alkyl halides is 3. The molecule has 0 saturated carbocycles. The van der Waals surface area contributed by atoms with Crippen molar-refractivity contribution in [2.45, 2.75) is 19.3 Å². The Morgan fingerprint density at radius 3 is 2.51 bits per heavy atom. The zero-order valence-electron chi connectivity index (χ0n) is 19.7. The molecule has 0 fully saturated rings. The number of carbonyl (C=O) groups excluding carboxylic acids is 3. The van der Waals surface area contributed by atoms with Crippen LogP contribution in [0, 0.1) is 5.82 Å². The molecule has 0 bridgehead atoms. The maximum atomic E-state index is 14.3. The lowest BCUT2D eigenvalue weighted by Gasteiger charge is -2.18. The lowest BCUT2D eigenvalue weighted by molar-refractivity contribution is -0.141. The Hall–Kier alpha value is -5.08. The average Bonchev–Trinajstić information content (AvgIpc) is 3.29. The van der Waals surface area contributed by atoms with Gasteiger partial charge in [0, 0.05) is 25.4 Å². The fourth-order valence-corrected chi connectivity index (χ4v) is 3.70. The minimum absolute atomic E-state index is 0.0129. The molecule has 0 unspecified atom stereocenters. The number of fused-ring (bicyclic) bond motifs is 2. The summed E-state index contributed by atoms with van der Waals surface area (Å²) in [5, 5.41) is 11.5. The topological polar surface area (TPSA) is 140 Å². The summed E-state index contributed by atoms with van der Waals surface area (Å²) in [6, 6.07) is 7.98. The monoisotopic (exact) mass is 543 g/mol. The van der Waals surface area contributed by atoms with Gasteiger partial charge in [-0.1, -0.05) is 12.1 Å². The van der Waals surface area contributed by atoms with Gasteiger partial charge in [-0.15, -0.1) is 0 Å². The summed E-state index contributed by atoms with van der Waals surface area (Å²) in [5.41, 5.74) is -0.630. The van der Waals surface area contributed by atoms with Gasteiger partial charge in [0.2, 0.25) is 0 Å². The van der Waals surface area contributed by atoms with E-state index in [-0.39, 0.29) is 48.2 Å². The van der Waals surface area contributed by atoms with Crippen LogP contribution < -0.4 is 20.7 Å². The number of benzene rings is 1. The third kappa shape index (κ3) is 5.46. The zero-order valence-corrected chi connectivity index (χ0v) is 19.7. The molecule has 3 N–H and O–H groups in total. The lowest BCUT2D eigenvalue weighted by Crippen LogP contribution is -2.29. The molecule has 0 saturated heterocycles. The van der Waals surface area contributed by atoms with Crippen LogP contribution in [0.2, 0.25) is 0 Å². The molecular formula is C24H17F4N7O4. The van der Waals surface area contributed by atoms with E-state index in [0.29, 0.717) is 17.0 Å². The molecule has 0 spiro atoms. The molecular weight excluding hydrogens is 526 g/mol. The SMILES string of the molecule is O=C1COc2ccc(CNC(=O)c3cc(C(=O)NCc4ccc(C(F)(F)F)nc4)n4ncc(F)c4n3)cc2N1. The molecule has 200 valence electrons. The average molecular weight is 543 g/mol. The maximum Gasteiger partial charge on any atom is 0.433 e. The van der Waals surface area contributed by atoms with Crippen LogP contribution in [-0.2, 0) is 24.1 Å². The standard InChI is InChI=1S/C24H17F4N7O4/c25-14-10-32-35-17(23(38)31-9-13-2-4-19(29-8-13)24(26,27)28)6-16(34-21(14)35)22(37)30-7-12-1-3-18-15(5-12)33-20(36)11-39-18/h1-6,8,10H,7,9,11H2,(H,30,37)(H,31,38)(H,33,36). The van der Waals surface area contributed by atoms with Crippen LogP contribution in [0.1, 0.15) is 37.8 Å². The van der Waals surface area contributed by atoms with Crippen LogP contribution in [0.3, 0.4) is 0 Å². The highest BCUT2D eigenvalue weighted by Gasteiger charge is 2.32. The summed E-state index contributed by atoms with van der Waals surface area (Å²) < 4.78 is 58.6. The van der Waals surface area contributed by atoms with E-state index in [1.807, 2.05) is 0 Å². The summed E-state index contributed by atoms with van der Waals surface area (Å²) in [4.78, 5) is 44.6. The number of amides is 3. The number of ether oxygens (including phenoxy) is 1. The second-order valence-electron chi connectivity index (χ2n) is 8.34. The molecule has 1 aromatic carbocycles. The van der Waals surface area contributed by atoms with Crippen molar-refractivity contribution in [2.75, 3.05) is 11.9 Å².